The molecule has 1 fully saturated rings. The summed E-state index contributed by atoms with van der Waals surface area (Å²) >= 11 is 0. The Bertz CT molecular complexity index is 403. The Morgan fingerprint density at radius 1 is 1.12 bits per heavy atom. The SMILES string of the molecule is CCNC(=NCCCCCCCN(C)C)N1CCC(CC(=O)NC)CC1. The van der Waals surface area contributed by atoms with Gasteiger partial charge < -0.3 is 20.4 Å². The maximum atomic E-state index is 11.5. The van der Waals surface area contributed by atoms with Gasteiger partial charge in [-0.2, -0.15) is 0 Å². The van der Waals surface area contributed by atoms with Crippen LogP contribution in [0.5, 0.6) is 0 Å². The molecule has 6 nitrogen and oxygen atoms in total. The fourth-order valence-electron chi connectivity index (χ4n) is 3.39. The minimum absolute atomic E-state index is 0.162. The van der Waals surface area contributed by atoms with Gasteiger partial charge in [-0.25, -0.2) is 0 Å². The van der Waals surface area contributed by atoms with E-state index < -0.39 is 0 Å². The summed E-state index contributed by atoms with van der Waals surface area (Å²) in [6, 6.07) is 0. The minimum Gasteiger partial charge on any atom is -0.359 e. The summed E-state index contributed by atoms with van der Waals surface area (Å²) in [7, 11) is 5.99. The molecule has 0 aromatic carbocycles. The van der Waals surface area contributed by atoms with Gasteiger partial charge in [-0.1, -0.05) is 19.3 Å². The lowest BCUT2D eigenvalue weighted by Crippen LogP contribution is -2.46. The lowest BCUT2D eigenvalue weighted by Gasteiger charge is -2.34. The largest absolute Gasteiger partial charge is 0.359 e. The molecule has 0 atom stereocenters. The molecule has 1 saturated heterocycles. The van der Waals surface area contributed by atoms with Gasteiger partial charge in [0, 0.05) is 39.6 Å². The Kier molecular flexibility index (Phi) is 12.1. The second kappa shape index (κ2) is 13.8. The van der Waals surface area contributed by atoms with Gasteiger partial charge in [0.1, 0.15) is 0 Å². The average Bonchev–Trinajstić information content (AvgIpc) is 2.63. The molecule has 0 spiro atoms. The zero-order chi connectivity index (χ0) is 19.2. The number of guanidine groups is 1. The van der Waals surface area contributed by atoms with Crippen molar-refractivity contribution in [3.63, 3.8) is 0 Å². The summed E-state index contributed by atoms with van der Waals surface area (Å²) in [6.07, 6.45) is 9.17. The molecule has 0 aromatic heterocycles. The molecule has 0 radical (unpaired) electrons. The summed E-state index contributed by atoms with van der Waals surface area (Å²) < 4.78 is 0. The number of rotatable bonds is 11. The first-order valence-corrected chi connectivity index (χ1v) is 10.4. The number of piperidine rings is 1. The number of carbonyl (C=O) groups excluding carboxylic acids is 1. The Hall–Kier alpha value is -1.30. The van der Waals surface area contributed by atoms with E-state index in [1.807, 2.05) is 0 Å². The van der Waals surface area contributed by atoms with Crippen LogP contribution >= 0.6 is 0 Å². The van der Waals surface area contributed by atoms with Crippen LogP contribution in [0, 0.1) is 5.92 Å². The molecule has 0 aliphatic carbocycles. The van der Waals surface area contributed by atoms with E-state index in [4.69, 9.17) is 4.99 Å². The molecular formula is C20H41N5O. The zero-order valence-corrected chi connectivity index (χ0v) is 17.5. The van der Waals surface area contributed by atoms with Crippen molar-refractivity contribution in [1.29, 1.82) is 0 Å². The lowest BCUT2D eigenvalue weighted by molar-refractivity contribution is -0.121. The van der Waals surface area contributed by atoms with Crippen molar-refractivity contribution in [2.45, 2.75) is 58.3 Å². The quantitative estimate of drug-likeness (QED) is 0.334. The van der Waals surface area contributed by atoms with Crippen LogP contribution in [0.15, 0.2) is 4.99 Å². The standard InChI is InChI=1S/C20H41N5O/c1-5-22-20(23-13-9-7-6-8-10-14-24(3)4)25-15-11-18(12-16-25)17-19(26)21-2/h18H,5-17H2,1-4H3,(H,21,26)(H,22,23). The highest BCUT2D eigenvalue weighted by molar-refractivity contribution is 5.80. The van der Waals surface area contributed by atoms with Crippen molar-refractivity contribution in [2.75, 3.05) is 53.9 Å². The normalized spacial score (nSPS) is 16.2. The van der Waals surface area contributed by atoms with Crippen LogP contribution in [-0.4, -0.2) is 75.5 Å². The highest BCUT2D eigenvalue weighted by atomic mass is 16.1. The Morgan fingerprint density at radius 3 is 2.38 bits per heavy atom. The number of aliphatic imine (C=N–C) groups is 1. The van der Waals surface area contributed by atoms with Gasteiger partial charge in [-0.3, -0.25) is 9.79 Å². The highest BCUT2D eigenvalue weighted by Crippen LogP contribution is 2.20. The van der Waals surface area contributed by atoms with Crippen molar-refractivity contribution in [1.82, 2.24) is 20.4 Å². The number of nitrogens with zero attached hydrogens (tertiary/aromatic N) is 3. The summed E-state index contributed by atoms with van der Waals surface area (Å²) in [5, 5.41) is 6.17. The van der Waals surface area contributed by atoms with Crippen molar-refractivity contribution < 1.29 is 4.79 Å². The first-order chi connectivity index (χ1) is 12.6. The minimum atomic E-state index is 0.162. The molecule has 2 N–H and O–H groups in total. The lowest BCUT2D eigenvalue weighted by atomic mass is 9.93. The van der Waals surface area contributed by atoms with Crippen LogP contribution < -0.4 is 10.6 Å². The number of hydrogen-bond donors (Lipinski definition) is 2. The van der Waals surface area contributed by atoms with Crippen molar-refractivity contribution in [2.24, 2.45) is 10.9 Å². The third kappa shape index (κ3) is 10.00. The monoisotopic (exact) mass is 367 g/mol. The number of carbonyl (C=O) groups is 1. The topological polar surface area (TPSA) is 60.0 Å². The van der Waals surface area contributed by atoms with Crippen molar-refractivity contribution >= 4 is 11.9 Å². The third-order valence-corrected chi connectivity index (χ3v) is 5.03. The van der Waals surface area contributed by atoms with Gasteiger partial charge in [0.25, 0.3) is 0 Å². The van der Waals surface area contributed by atoms with Crippen LogP contribution in [0.4, 0.5) is 0 Å². The van der Waals surface area contributed by atoms with Gasteiger partial charge in [0.05, 0.1) is 0 Å². The van der Waals surface area contributed by atoms with Crippen LogP contribution in [-0.2, 0) is 4.79 Å². The van der Waals surface area contributed by atoms with E-state index in [0.717, 1.165) is 45.0 Å². The molecular weight excluding hydrogens is 326 g/mol. The number of unbranched alkanes of at least 4 members (excludes halogenated alkanes) is 4. The first-order valence-electron chi connectivity index (χ1n) is 10.4. The molecule has 0 saturated carbocycles. The fraction of sp³-hybridized carbons (Fsp3) is 0.900. The highest BCUT2D eigenvalue weighted by Gasteiger charge is 2.22. The number of hydrogen-bond acceptors (Lipinski definition) is 3. The summed E-state index contributed by atoms with van der Waals surface area (Å²) in [6.45, 7) is 7.13. The predicted octanol–water partition coefficient (Wildman–Crippen LogP) is 2.31. The van der Waals surface area contributed by atoms with E-state index in [0.29, 0.717) is 12.3 Å². The first kappa shape index (κ1) is 22.7. The third-order valence-electron chi connectivity index (χ3n) is 5.03. The Labute approximate surface area is 160 Å². The maximum absolute atomic E-state index is 11.5. The van der Waals surface area contributed by atoms with E-state index in [9.17, 15) is 4.79 Å². The number of likely N-dealkylation sites (tertiary alicyclic amines) is 1. The number of nitrogens with one attached hydrogen (secondary N) is 2. The molecule has 1 heterocycles. The second-order valence-electron chi connectivity index (χ2n) is 7.61. The van der Waals surface area contributed by atoms with Gasteiger partial charge in [-0.05, 0) is 59.2 Å². The molecule has 26 heavy (non-hydrogen) atoms. The molecule has 1 aliphatic rings. The molecule has 1 aliphatic heterocycles. The smallest absolute Gasteiger partial charge is 0.220 e. The molecule has 6 heteroatoms. The average molecular weight is 368 g/mol. The van der Waals surface area contributed by atoms with Gasteiger partial charge >= 0.3 is 0 Å². The van der Waals surface area contributed by atoms with Gasteiger partial charge in [0.2, 0.25) is 5.91 Å². The van der Waals surface area contributed by atoms with E-state index >= 15 is 0 Å². The fourth-order valence-corrected chi connectivity index (χ4v) is 3.39. The summed E-state index contributed by atoms with van der Waals surface area (Å²) in [5.74, 6) is 1.73. The van der Waals surface area contributed by atoms with Crippen LogP contribution in [0.3, 0.4) is 0 Å². The summed E-state index contributed by atoms with van der Waals surface area (Å²) in [5.41, 5.74) is 0. The molecule has 0 bridgehead atoms. The zero-order valence-electron chi connectivity index (χ0n) is 17.5. The molecule has 1 rings (SSSR count). The van der Waals surface area contributed by atoms with Crippen molar-refractivity contribution in [3.8, 4) is 0 Å². The van der Waals surface area contributed by atoms with Gasteiger partial charge in [-0.15, -0.1) is 0 Å². The van der Waals surface area contributed by atoms with Crippen LogP contribution in [0.1, 0.15) is 58.3 Å². The van der Waals surface area contributed by atoms with Crippen LogP contribution in [0.2, 0.25) is 0 Å². The predicted molar refractivity (Wildman–Crippen MR) is 111 cm³/mol. The maximum Gasteiger partial charge on any atom is 0.220 e. The van der Waals surface area contributed by atoms with E-state index in [1.165, 1.54) is 38.6 Å². The molecule has 0 aromatic rings. The molecule has 1 amide bonds. The second-order valence-corrected chi connectivity index (χ2v) is 7.61. The Balaban J connectivity index is 2.26. The van der Waals surface area contributed by atoms with Crippen LogP contribution in [0.25, 0.3) is 0 Å². The van der Waals surface area contributed by atoms with E-state index in [2.05, 4.69) is 41.5 Å². The number of amides is 1. The van der Waals surface area contributed by atoms with E-state index in [-0.39, 0.29) is 5.91 Å². The van der Waals surface area contributed by atoms with Crippen molar-refractivity contribution in [3.05, 3.63) is 0 Å². The molecule has 152 valence electrons. The molecule has 0 unspecified atom stereocenters. The van der Waals surface area contributed by atoms with Gasteiger partial charge in [0.15, 0.2) is 5.96 Å². The summed E-state index contributed by atoms with van der Waals surface area (Å²) in [4.78, 5) is 21.0. The Morgan fingerprint density at radius 2 is 1.77 bits per heavy atom. The van der Waals surface area contributed by atoms with E-state index in [1.54, 1.807) is 7.05 Å².